The summed E-state index contributed by atoms with van der Waals surface area (Å²) in [6.07, 6.45) is 4.61. The molecule has 0 fully saturated rings. The third-order valence-corrected chi connectivity index (χ3v) is 2.27. The summed E-state index contributed by atoms with van der Waals surface area (Å²) in [5, 5.41) is 2.84. The van der Waals surface area contributed by atoms with E-state index in [1.54, 1.807) is 19.2 Å². The zero-order valence-corrected chi connectivity index (χ0v) is 10.1. The van der Waals surface area contributed by atoms with Crippen LogP contribution in [0, 0.1) is 6.92 Å². The van der Waals surface area contributed by atoms with Crippen LogP contribution in [0.25, 0.3) is 0 Å². The predicted octanol–water partition coefficient (Wildman–Crippen LogP) is 3.09. The van der Waals surface area contributed by atoms with Crippen LogP contribution in [0.4, 0.5) is 5.69 Å². The van der Waals surface area contributed by atoms with Crippen molar-refractivity contribution in [2.45, 2.75) is 13.8 Å². The van der Waals surface area contributed by atoms with Gasteiger partial charge in [-0.1, -0.05) is 24.8 Å². The Balaban J connectivity index is 2.73. The molecule has 3 nitrogen and oxygen atoms in total. The van der Waals surface area contributed by atoms with Crippen LogP contribution in [-0.4, -0.2) is 12.1 Å². The molecule has 1 aromatic carbocycles. The number of hydrogen-bond donors (Lipinski definition) is 1. The van der Waals surface area contributed by atoms with E-state index in [-0.39, 0.29) is 5.91 Å². The molecule has 17 heavy (non-hydrogen) atoms. The number of hydrogen-bond acceptors (Lipinski definition) is 2. The summed E-state index contributed by atoms with van der Waals surface area (Å²) in [5.41, 5.74) is 2.46. The molecule has 0 aromatic heterocycles. The van der Waals surface area contributed by atoms with E-state index in [0.29, 0.717) is 5.57 Å². The minimum absolute atomic E-state index is 0.130. The highest BCUT2D eigenvalue weighted by atomic mass is 16.1. The molecular weight excluding hydrogens is 212 g/mol. The lowest BCUT2D eigenvalue weighted by atomic mass is 10.2. The molecule has 1 N–H and O–H groups in total. The van der Waals surface area contributed by atoms with Gasteiger partial charge in [-0.05, 0) is 31.6 Å². The number of carbonyl (C=O) groups is 1. The number of nitrogens with zero attached hydrogens (tertiary/aromatic N) is 1. The van der Waals surface area contributed by atoms with Crippen molar-refractivity contribution in [1.29, 1.82) is 0 Å². The molecule has 0 unspecified atom stereocenters. The molecule has 0 radical (unpaired) electrons. The second kappa shape index (κ2) is 6.43. The van der Waals surface area contributed by atoms with E-state index in [2.05, 4.69) is 16.9 Å². The van der Waals surface area contributed by atoms with Crippen molar-refractivity contribution < 1.29 is 4.79 Å². The molecule has 1 rings (SSSR count). The molecule has 3 heteroatoms. The average Bonchev–Trinajstić information content (AvgIpc) is 2.32. The lowest BCUT2D eigenvalue weighted by Gasteiger charge is -2.07. The van der Waals surface area contributed by atoms with E-state index < -0.39 is 0 Å². The number of carbonyl (C=O) groups excluding carboxylic acids is 1. The number of para-hydroxylation sites is 1. The molecular formula is C14H16N2O. The van der Waals surface area contributed by atoms with E-state index in [1.165, 1.54) is 6.20 Å². The highest BCUT2D eigenvalue weighted by Crippen LogP contribution is 2.13. The summed E-state index contributed by atoms with van der Waals surface area (Å²) in [6, 6.07) is 7.65. The van der Waals surface area contributed by atoms with E-state index in [9.17, 15) is 4.79 Å². The number of rotatable bonds is 4. The van der Waals surface area contributed by atoms with Crippen molar-refractivity contribution >= 4 is 17.8 Å². The van der Waals surface area contributed by atoms with E-state index in [0.717, 1.165) is 11.3 Å². The Bertz CT molecular complexity index is 473. The van der Waals surface area contributed by atoms with E-state index in [1.807, 2.05) is 31.2 Å². The summed E-state index contributed by atoms with van der Waals surface area (Å²) in [7, 11) is 0. The Morgan fingerprint density at radius 1 is 1.41 bits per heavy atom. The van der Waals surface area contributed by atoms with Crippen molar-refractivity contribution in [3.05, 3.63) is 54.3 Å². The second-order valence-electron chi connectivity index (χ2n) is 3.60. The van der Waals surface area contributed by atoms with Gasteiger partial charge in [0, 0.05) is 23.7 Å². The van der Waals surface area contributed by atoms with Crippen molar-refractivity contribution in [2.75, 3.05) is 5.32 Å². The molecule has 0 bridgehead atoms. The van der Waals surface area contributed by atoms with Gasteiger partial charge in [-0.15, -0.1) is 0 Å². The molecule has 1 amide bonds. The largest absolute Gasteiger partial charge is 0.322 e. The van der Waals surface area contributed by atoms with E-state index in [4.69, 9.17) is 0 Å². The Kier molecular flexibility index (Phi) is 4.88. The first-order valence-electron chi connectivity index (χ1n) is 5.33. The monoisotopic (exact) mass is 228 g/mol. The van der Waals surface area contributed by atoms with Crippen LogP contribution in [-0.2, 0) is 4.79 Å². The van der Waals surface area contributed by atoms with Gasteiger partial charge in [0.2, 0.25) is 0 Å². The fraction of sp³-hybridized carbons (Fsp3) is 0.143. The Labute approximate surface area is 102 Å². The first-order valence-corrected chi connectivity index (χ1v) is 5.33. The highest BCUT2D eigenvalue weighted by molar-refractivity contribution is 6.05. The van der Waals surface area contributed by atoms with Gasteiger partial charge in [0.15, 0.2) is 0 Å². The lowest BCUT2D eigenvalue weighted by molar-refractivity contribution is -0.112. The number of benzene rings is 1. The second-order valence-corrected chi connectivity index (χ2v) is 3.60. The maximum Gasteiger partial charge on any atom is 0.251 e. The Hall–Kier alpha value is -2.16. The topological polar surface area (TPSA) is 41.5 Å². The lowest BCUT2D eigenvalue weighted by Crippen LogP contribution is -2.13. The minimum atomic E-state index is -0.130. The van der Waals surface area contributed by atoms with Gasteiger partial charge in [0.25, 0.3) is 5.91 Å². The van der Waals surface area contributed by atoms with Gasteiger partial charge in [-0.2, -0.15) is 0 Å². The number of anilines is 1. The van der Waals surface area contributed by atoms with Crippen molar-refractivity contribution in [3.63, 3.8) is 0 Å². The smallest absolute Gasteiger partial charge is 0.251 e. The SMILES string of the molecule is C=C/N=C\C=C(/C)C(=O)Nc1ccccc1C. The molecule has 0 heterocycles. The quantitative estimate of drug-likeness (QED) is 0.624. The fourth-order valence-electron chi connectivity index (χ4n) is 1.23. The van der Waals surface area contributed by atoms with Crippen LogP contribution >= 0.6 is 0 Å². The molecule has 0 saturated heterocycles. The molecule has 0 spiro atoms. The van der Waals surface area contributed by atoms with Crippen LogP contribution in [0.5, 0.6) is 0 Å². The standard InChI is InChI=1S/C14H16N2O/c1-4-15-10-9-12(3)14(17)16-13-8-6-5-7-11(13)2/h4-10H,1H2,2-3H3,(H,16,17)/b12-9+,15-10-. The van der Waals surface area contributed by atoms with Gasteiger partial charge in [-0.25, -0.2) is 0 Å². The van der Waals surface area contributed by atoms with Crippen molar-refractivity contribution in [3.8, 4) is 0 Å². The zero-order chi connectivity index (χ0) is 12.7. The fourth-order valence-corrected chi connectivity index (χ4v) is 1.23. The molecule has 0 saturated carbocycles. The van der Waals surface area contributed by atoms with E-state index >= 15 is 0 Å². The van der Waals surface area contributed by atoms with Gasteiger partial charge < -0.3 is 5.32 Å². The van der Waals surface area contributed by atoms with Gasteiger partial charge in [0.1, 0.15) is 0 Å². The molecule has 88 valence electrons. The number of aryl methyl sites for hydroxylation is 1. The molecule has 0 aliphatic carbocycles. The number of aliphatic imine (C=N–C) groups is 1. The maximum atomic E-state index is 11.8. The van der Waals surface area contributed by atoms with Gasteiger partial charge in [0.05, 0.1) is 0 Å². The first kappa shape index (κ1) is 12.9. The summed E-state index contributed by atoms with van der Waals surface area (Å²) in [5.74, 6) is -0.130. The predicted molar refractivity (Wildman–Crippen MR) is 72.3 cm³/mol. The van der Waals surface area contributed by atoms with Crippen molar-refractivity contribution in [2.24, 2.45) is 4.99 Å². The number of allylic oxidation sites excluding steroid dienone is 1. The average molecular weight is 228 g/mol. The summed E-state index contributed by atoms with van der Waals surface area (Å²) < 4.78 is 0. The van der Waals surface area contributed by atoms with Gasteiger partial charge in [-0.3, -0.25) is 9.79 Å². The maximum absolute atomic E-state index is 11.8. The number of amides is 1. The normalized spacial score (nSPS) is 11.5. The third-order valence-electron chi connectivity index (χ3n) is 2.27. The minimum Gasteiger partial charge on any atom is -0.322 e. The Morgan fingerprint density at radius 3 is 2.76 bits per heavy atom. The summed E-state index contributed by atoms with van der Waals surface area (Å²) >= 11 is 0. The molecule has 0 aliphatic rings. The zero-order valence-electron chi connectivity index (χ0n) is 10.1. The Morgan fingerprint density at radius 2 is 2.12 bits per heavy atom. The summed E-state index contributed by atoms with van der Waals surface area (Å²) in [4.78, 5) is 15.6. The van der Waals surface area contributed by atoms with Crippen LogP contribution in [0.3, 0.4) is 0 Å². The van der Waals surface area contributed by atoms with Crippen molar-refractivity contribution in [1.82, 2.24) is 0 Å². The molecule has 0 atom stereocenters. The first-order chi connectivity index (χ1) is 8.15. The molecule has 0 aliphatic heterocycles. The van der Waals surface area contributed by atoms with Gasteiger partial charge >= 0.3 is 0 Å². The van der Waals surface area contributed by atoms with Crippen LogP contribution in [0.2, 0.25) is 0 Å². The summed E-state index contributed by atoms with van der Waals surface area (Å²) in [6.45, 7) is 7.15. The van der Waals surface area contributed by atoms with Crippen LogP contribution in [0.15, 0.2) is 53.7 Å². The number of nitrogens with one attached hydrogen (secondary N) is 1. The third kappa shape index (κ3) is 4.07. The molecule has 1 aromatic rings. The van der Waals surface area contributed by atoms with Crippen LogP contribution in [0.1, 0.15) is 12.5 Å². The highest BCUT2D eigenvalue weighted by Gasteiger charge is 2.05. The van der Waals surface area contributed by atoms with Crippen LogP contribution < -0.4 is 5.32 Å².